The molecule has 1 aliphatic heterocycles. The minimum absolute atomic E-state index is 0.0515. The Kier molecular flexibility index (Phi) is 16.0. The highest BCUT2D eigenvalue weighted by atomic mass is 16.2. The largest absolute Gasteiger partial charge is 0.373 e. The number of carbonyl (C=O) groups is 2. The van der Waals surface area contributed by atoms with Crippen LogP contribution < -0.4 is 16.8 Å². The maximum absolute atomic E-state index is 13.1. The molecule has 3 rings (SSSR count). The number of benzene rings is 2. The summed E-state index contributed by atoms with van der Waals surface area (Å²) in [5.41, 5.74) is 14.1. The maximum atomic E-state index is 13.1. The van der Waals surface area contributed by atoms with Crippen LogP contribution in [0.4, 0.5) is 0 Å². The molecule has 8 nitrogen and oxygen atoms in total. The SMILES string of the molecule is C=C/C(=C\C=C/C)c1ccc(C(C)(C(=C)N2CCCC2)N(C)/C=C(\N=C)NC(=O)C(C)CCCc2ccccc2)cc1.CC(C)(N)C(N)=O. The highest BCUT2D eigenvalue weighted by Gasteiger charge is 2.37. The molecule has 2 amide bonds. The highest BCUT2D eigenvalue weighted by molar-refractivity contribution is 5.83. The van der Waals surface area contributed by atoms with Gasteiger partial charge in [0.15, 0.2) is 0 Å². The second-order valence-corrected chi connectivity index (χ2v) is 13.3. The first-order valence-electron chi connectivity index (χ1n) is 17.0. The van der Waals surface area contributed by atoms with Crippen molar-refractivity contribution in [3.8, 4) is 0 Å². The number of rotatable bonds is 16. The van der Waals surface area contributed by atoms with Crippen LogP contribution in [0.1, 0.15) is 77.0 Å². The van der Waals surface area contributed by atoms with Crippen molar-refractivity contribution in [2.45, 2.75) is 77.8 Å². The monoisotopic (exact) mass is 666 g/mol. The number of likely N-dealkylation sites (tertiary alicyclic amines) is 1. The molecular formula is C41H58N6O2. The van der Waals surface area contributed by atoms with Crippen LogP contribution in [-0.4, -0.2) is 54.0 Å². The standard InChI is InChI=1S/C37H48N4O.C4H10N2O/c1-8-10-21-32(9-2)33-22-24-34(25-23-33)37(5,30(4)41-26-14-15-27-41)40(7)28-35(38-6)39-36(42)29(3)17-16-20-31-18-12-11-13-19-31;1-4(2,6)3(5)7/h8-13,18-19,21-25,28-29H,2,4,6,14-17,20,26-27H2,1,3,5,7H3,(H,39,42);6H2,1-2H3,(H2,5,7)/b10-8-,32-21+,35-28+;. The molecular weight excluding hydrogens is 608 g/mol. The van der Waals surface area contributed by atoms with E-state index in [1.165, 1.54) is 5.56 Å². The third-order valence-corrected chi connectivity index (χ3v) is 8.99. The van der Waals surface area contributed by atoms with Gasteiger partial charge in [0.05, 0.1) is 5.54 Å². The Hall–Kier alpha value is -4.69. The molecule has 264 valence electrons. The summed E-state index contributed by atoms with van der Waals surface area (Å²) in [6.07, 6.45) is 14.8. The van der Waals surface area contributed by atoms with E-state index in [1.807, 2.05) is 51.4 Å². The quantitative estimate of drug-likeness (QED) is 0.131. The van der Waals surface area contributed by atoms with Gasteiger partial charge in [-0.15, -0.1) is 0 Å². The van der Waals surface area contributed by atoms with Gasteiger partial charge in [-0.05, 0) is 88.8 Å². The van der Waals surface area contributed by atoms with E-state index >= 15 is 0 Å². The average Bonchev–Trinajstić information content (AvgIpc) is 3.63. The summed E-state index contributed by atoms with van der Waals surface area (Å²) < 4.78 is 0. The zero-order valence-corrected chi connectivity index (χ0v) is 30.5. The fourth-order valence-corrected chi connectivity index (χ4v) is 5.40. The van der Waals surface area contributed by atoms with Gasteiger partial charge in [-0.1, -0.05) is 99.0 Å². The van der Waals surface area contributed by atoms with Gasteiger partial charge in [-0.2, -0.15) is 0 Å². The second-order valence-electron chi connectivity index (χ2n) is 13.3. The number of nitrogens with one attached hydrogen (secondary N) is 1. The minimum Gasteiger partial charge on any atom is -0.373 e. The molecule has 0 saturated carbocycles. The number of hydrogen-bond acceptors (Lipinski definition) is 6. The molecule has 1 heterocycles. The first kappa shape index (κ1) is 40.5. The van der Waals surface area contributed by atoms with Gasteiger partial charge >= 0.3 is 0 Å². The van der Waals surface area contributed by atoms with E-state index in [9.17, 15) is 9.59 Å². The number of aliphatic imine (C=N–C) groups is 1. The van der Waals surface area contributed by atoms with Crippen LogP contribution in [0.25, 0.3) is 5.57 Å². The third kappa shape index (κ3) is 12.1. The van der Waals surface area contributed by atoms with Crippen LogP contribution in [0.5, 0.6) is 0 Å². The number of hydrogen-bond donors (Lipinski definition) is 3. The molecule has 1 aliphatic rings. The van der Waals surface area contributed by atoms with E-state index < -0.39 is 17.0 Å². The minimum atomic E-state index is -0.861. The Morgan fingerprint density at radius 2 is 1.67 bits per heavy atom. The molecule has 0 radical (unpaired) electrons. The van der Waals surface area contributed by atoms with Gasteiger partial charge in [0.1, 0.15) is 11.4 Å². The Labute approximate surface area is 295 Å². The lowest BCUT2D eigenvalue weighted by Crippen LogP contribution is -2.46. The zero-order chi connectivity index (χ0) is 36.6. The molecule has 0 aromatic heterocycles. The van der Waals surface area contributed by atoms with E-state index in [0.29, 0.717) is 5.82 Å². The molecule has 2 aromatic rings. The smallest absolute Gasteiger partial charge is 0.236 e. The Bertz CT molecular complexity index is 1490. The fraction of sp³-hybridized carbons (Fsp3) is 0.390. The number of primary amides is 1. The summed E-state index contributed by atoms with van der Waals surface area (Å²) in [5.74, 6) is -0.244. The van der Waals surface area contributed by atoms with Gasteiger partial charge in [-0.3, -0.25) is 9.59 Å². The van der Waals surface area contributed by atoms with E-state index in [0.717, 1.165) is 67.6 Å². The number of carbonyl (C=O) groups excluding carboxylic acids is 2. The van der Waals surface area contributed by atoms with E-state index in [4.69, 9.17) is 11.5 Å². The van der Waals surface area contributed by atoms with Crippen molar-refractivity contribution in [2.24, 2.45) is 22.4 Å². The first-order chi connectivity index (χ1) is 23.2. The molecule has 2 atom stereocenters. The normalized spacial score (nSPS) is 15.4. The molecule has 1 fully saturated rings. The van der Waals surface area contributed by atoms with Crippen molar-refractivity contribution >= 4 is 24.1 Å². The lowest BCUT2D eigenvalue weighted by molar-refractivity contribution is -0.124. The molecule has 1 saturated heterocycles. The van der Waals surface area contributed by atoms with Crippen molar-refractivity contribution in [2.75, 3.05) is 20.1 Å². The van der Waals surface area contributed by atoms with Gasteiger partial charge in [0, 0.05) is 38.0 Å². The molecule has 0 aliphatic carbocycles. The van der Waals surface area contributed by atoms with E-state index in [-0.39, 0.29) is 11.8 Å². The lowest BCUT2D eigenvalue weighted by Gasteiger charge is -2.44. The topological polar surface area (TPSA) is 117 Å². The number of nitrogens with zero attached hydrogens (tertiary/aromatic N) is 3. The summed E-state index contributed by atoms with van der Waals surface area (Å²) in [4.78, 5) is 31.9. The molecule has 0 spiro atoms. The third-order valence-electron chi connectivity index (χ3n) is 8.99. The molecule has 2 aromatic carbocycles. The van der Waals surface area contributed by atoms with Crippen LogP contribution in [0.3, 0.4) is 0 Å². The Morgan fingerprint density at radius 3 is 2.18 bits per heavy atom. The van der Waals surface area contributed by atoms with Crippen LogP contribution in [0, 0.1) is 5.92 Å². The predicted octanol–water partition coefficient (Wildman–Crippen LogP) is 7.07. The summed E-state index contributed by atoms with van der Waals surface area (Å²) in [7, 11) is 2.01. The van der Waals surface area contributed by atoms with Crippen molar-refractivity contribution in [3.63, 3.8) is 0 Å². The first-order valence-corrected chi connectivity index (χ1v) is 17.0. The van der Waals surface area contributed by atoms with Crippen molar-refractivity contribution in [1.29, 1.82) is 0 Å². The van der Waals surface area contributed by atoms with Gasteiger partial charge in [0.2, 0.25) is 11.8 Å². The summed E-state index contributed by atoms with van der Waals surface area (Å²) >= 11 is 0. The van der Waals surface area contributed by atoms with Gasteiger partial charge in [0.25, 0.3) is 0 Å². The number of likely N-dealkylation sites (N-methyl/N-ethyl adjacent to an activating group) is 1. The van der Waals surface area contributed by atoms with Crippen molar-refractivity contribution in [3.05, 3.63) is 126 Å². The van der Waals surface area contributed by atoms with Crippen molar-refractivity contribution < 1.29 is 9.59 Å². The van der Waals surface area contributed by atoms with Crippen LogP contribution in [0.15, 0.2) is 115 Å². The molecule has 2 unspecified atom stereocenters. The summed E-state index contributed by atoms with van der Waals surface area (Å²) in [5, 5.41) is 3.01. The van der Waals surface area contributed by atoms with Gasteiger partial charge < -0.3 is 26.6 Å². The molecule has 5 N–H and O–H groups in total. The number of amides is 2. The lowest BCUT2D eigenvalue weighted by atomic mass is 9.85. The van der Waals surface area contributed by atoms with Crippen LogP contribution in [-0.2, 0) is 21.5 Å². The summed E-state index contributed by atoms with van der Waals surface area (Å²) in [6, 6.07) is 19.0. The summed E-state index contributed by atoms with van der Waals surface area (Å²) in [6.45, 7) is 23.6. The fourth-order valence-electron chi connectivity index (χ4n) is 5.40. The second kappa shape index (κ2) is 19.3. The molecule has 0 bridgehead atoms. The number of aryl methyl sites for hydroxylation is 1. The Balaban J connectivity index is 0.00000107. The zero-order valence-electron chi connectivity index (χ0n) is 30.5. The van der Waals surface area contributed by atoms with Crippen LogP contribution >= 0.6 is 0 Å². The maximum Gasteiger partial charge on any atom is 0.236 e. The molecule has 8 heteroatoms. The highest BCUT2D eigenvalue weighted by Crippen LogP contribution is 2.38. The predicted molar refractivity (Wildman–Crippen MR) is 206 cm³/mol. The van der Waals surface area contributed by atoms with Crippen LogP contribution in [0.2, 0.25) is 0 Å². The van der Waals surface area contributed by atoms with Gasteiger partial charge in [-0.25, -0.2) is 4.99 Å². The van der Waals surface area contributed by atoms with Crippen molar-refractivity contribution in [1.82, 2.24) is 15.1 Å². The number of nitrogens with two attached hydrogens (primary N) is 2. The Morgan fingerprint density at radius 1 is 1.08 bits per heavy atom. The van der Waals surface area contributed by atoms with E-state index in [1.54, 1.807) is 13.8 Å². The van der Waals surface area contributed by atoms with E-state index in [2.05, 4.69) is 102 Å². The number of allylic oxidation sites excluding steroid dienone is 5. The average molecular weight is 667 g/mol. The molecule has 49 heavy (non-hydrogen) atoms.